The zero-order valence-electron chi connectivity index (χ0n) is 12.0. The molecule has 4 heteroatoms. The molecule has 0 saturated carbocycles. The van der Waals surface area contributed by atoms with Gasteiger partial charge in [-0.1, -0.05) is 19.9 Å². The van der Waals surface area contributed by atoms with Gasteiger partial charge in [-0.25, -0.2) is 0 Å². The van der Waals surface area contributed by atoms with Crippen LogP contribution < -0.4 is 9.47 Å². The number of benzene rings is 1. The molecular formula is C15H22O4. The van der Waals surface area contributed by atoms with Crippen LogP contribution in [-0.2, 0) is 4.79 Å². The minimum Gasteiger partial charge on any atom is -0.490 e. The molecule has 0 spiro atoms. The first-order chi connectivity index (χ1) is 9.01. The van der Waals surface area contributed by atoms with E-state index in [0.29, 0.717) is 24.7 Å². The van der Waals surface area contributed by atoms with Gasteiger partial charge in [-0.3, -0.25) is 4.79 Å². The molecule has 0 aromatic heterocycles. The standard InChI is InChI=1S/C15H22O4/c1-5-18-13-8-7-12(9-14(13)19-6-2)10(3)11(4)15(16)17/h7-11H,5-6H2,1-4H3,(H,16,17). The zero-order chi connectivity index (χ0) is 14.4. The first-order valence-corrected chi connectivity index (χ1v) is 6.63. The summed E-state index contributed by atoms with van der Waals surface area (Å²) in [7, 11) is 0. The summed E-state index contributed by atoms with van der Waals surface area (Å²) in [4.78, 5) is 11.0. The Kier molecular flexibility index (Phi) is 5.67. The molecule has 0 aliphatic carbocycles. The second-order valence-electron chi connectivity index (χ2n) is 4.49. The summed E-state index contributed by atoms with van der Waals surface area (Å²) in [5, 5.41) is 9.07. The van der Waals surface area contributed by atoms with E-state index in [2.05, 4.69) is 0 Å². The lowest BCUT2D eigenvalue weighted by molar-refractivity contribution is -0.141. The van der Waals surface area contributed by atoms with E-state index in [1.165, 1.54) is 0 Å². The van der Waals surface area contributed by atoms with Gasteiger partial charge in [0.2, 0.25) is 0 Å². The fraction of sp³-hybridized carbons (Fsp3) is 0.533. The summed E-state index contributed by atoms with van der Waals surface area (Å²) in [5.41, 5.74) is 0.946. The van der Waals surface area contributed by atoms with Crippen LogP contribution in [0.4, 0.5) is 0 Å². The molecule has 2 atom stereocenters. The monoisotopic (exact) mass is 266 g/mol. The molecule has 0 aliphatic heterocycles. The van der Waals surface area contributed by atoms with Crippen molar-refractivity contribution in [2.24, 2.45) is 5.92 Å². The molecule has 0 aliphatic rings. The molecule has 4 nitrogen and oxygen atoms in total. The Balaban J connectivity index is 3.03. The van der Waals surface area contributed by atoms with Gasteiger partial charge in [0.25, 0.3) is 0 Å². The number of aliphatic carboxylic acids is 1. The van der Waals surface area contributed by atoms with E-state index in [1.807, 2.05) is 39.0 Å². The van der Waals surface area contributed by atoms with E-state index >= 15 is 0 Å². The lowest BCUT2D eigenvalue weighted by Crippen LogP contribution is -2.16. The van der Waals surface area contributed by atoms with Crippen molar-refractivity contribution < 1.29 is 19.4 Å². The van der Waals surface area contributed by atoms with Crippen molar-refractivity contribution in [1.82, 2.24) is 0 Å². The van der Waals surface area contributed by atoms with Crippen LogP contribution >= 0.6 is 0 Å². The number of carboxylic acids is 1. The van der Waals surface area contributed by atoms with E-state index in [9.17, 15) is 4.79 Å². The molecule has 1 aromatic rings. The predicted octanol–water partition coefficient (Wildman–Crippen LogP) is 3.31. The molecule has 1 aromatic carbocycles. The highest BCUT2D eigenvalue weighted by Crippen LogP contribution is 2.33. The lowest BCUT2D eigenvalue weighted by atomic mass is 9.89. The van der Waals surface area contributed by atoms with E-state index in [1.54, 1.807) is 6.92 Å². The van der Waals surface area contributed by atoms with Gasteiger partial charge in [-0.15, -0.1) is 0 Å². The van der Waals surface area contributed by atoms with Crippen molar-refractivity contribution in [3.63, 3.8) is 0 Å². The summed E-state index contributed by atoms with van der Waals surface area (Å²) in [6.45, 7) is 8.56. The van der Waals surface area contributed by atoms with Crippen LogP contribution in [-0.4, -0.2) is 24.3 Å². The number of hydrogen-bond acceptors (Lipinski definition) is 3. The highest BCUT2D eigenvalue weighted by Gasteiger charge is 2.22. The Morgan fingerprint density at radius 2 is 1.74 bits per heavy atom. The minimum atomic E-state index is -0.792. The third kappa shape index (κ3) is 3.88. The van der Waals surface area contributed by atoms with Crippen LogP contribution in [0.5, 0.6) is 11.5 Å². The van der Waals surface area contributed by atoms with Crippen molar-refractivity contribution in [3.8, 4) is 11.5 Å². The molecule has 0 fully saturated rings. The second-order valence-corrected chi connectivity index (χ2v) is 4.49. The van der Waals surface area contributed by atoms with Gasteiger partial charge in [0, 0.05) is 0 Å². The number of hydrogen-bond donors (Lipinski definition) is 1. The number of carboxylic acid groups (broad SMARTS) is 1. The molecule has 1 N–H and O–H groups in total. The van der Waals surface area contributed by atoms with Crippen molar-refractivity contribution in [3.05, 3.63) is 23.8 Å². The first-order valence-electron chi connectivity index (χ1n) is 6.63. The summed E-state index contributed by atoms with van der Waals surface area (Å²) in [6, 6.07) is 5.62. The zero-order valence-corrected chi connectivity index (χ0v) is 12.0. The van der Waals surface area contributed by atoms with Crippen molar-refractivity contribution in [1.29, 1.82) is 0 Å². The topological polar surface area (TPSA) is 55.8 Å². The third-order valence-corrected chi connectivity index (χ3v) is 3.23. The van der Waals surface area contributed by atoms with Crippen molar-refractivity contribution in [2.45, 2.75) is 33.6 Å². The van der Waals surface area contributed by atoms with E-state index in [-0.39, 0.29) is 5.92 Å². The Morgan fingerprint density at radius 1 is 1.16 bits per heavy atom. The van der Waals surface area contributed by atoms with Gasteiger partial charge in [0.05, 0.1) is 19.1 Å². The quantitative estimate of drug-likeness (QED) is 0.822. The van der Waals surface area contributed by atoms with Gasteiger partial charge in [-0.05, 0) is 37.5 Å². The fourth-order valence-electron chi connectivity index (χ4n) is 1.85. The molecule has 106 valence electrons. The van der Waals surface area contributed by atoms with Crippen LogP contribution in [0.2, 0.25) is 0 Å². The number of ether oxygens (including phenoxy) is 2. The first kappa shape index (κ1) is 15.3. The third-order valence-electron chi connectivity index (χ3n) is 3.23. The van der Waals surface area contributed by atoms with E-state index in [4.69, 9.17) is 14.6 Å². The van der Waals surface area contributed by atoms with Gasteiger partial charge in [-0.2, -0.15) is 0 Å². The molecule has 2 unspecified atom stereocenters. The number of rotatable bonds is 7. The summed E-state index contributed by atoms with van der Waals surface area (Å²) >= 11 is 0. The van der Waals surface area contributed by atoms with Gasteiger partial charge in [0.15, 0.2) is 11.5 Å². The Hall–Kier alpha value is -1.71. The van der Waals surface area contributed by atoms with Crippen LogP contribution in [0.1, 0.15) is 39.2 Å². The fourth-order valence-corrected chi connectivity index (χ4v) is 1.85. The molecule has 0 radical (unpaired) electrons. The van der Waals surface area contributed by atoms with Crippen LogP contribution in [0, 0.1) is 5.92 Å². The van der Waals surface area contributed by atoms with E-state index < -0.39 is 11.9 Å². The maximum Gasteiger partial charge on any atom is 0.306 e. The summed E-state index contributed by atoms with van der Waals surface area (Å²) < 4.78 is 11.0. The Labute approximate surface area is 114 Å². The Morgan fingerprint density at radius 3 is 2.26 bits per heavy atom. The normalized spacial score (nSPS) is 13.7. The number of carbonyl (C=O) groups is 1. The van der Waals surface area contributed by atoms with Crippen LogP contribution in [0.25, 0.3) is 0 Å². The molecule has 0 bridgehead atoms. The van der Waals surface area contributed by atoms with Crippen molar-refractivity contribution >= 4 is 5.97 Å². The molecule has 1 rings (SSSR count). The Bertz CT molecular complexity index is 428. The average Bonchev–Trinajstić information content (AvgIpc) is 2.39. The summed E-state index contributed by atoms with van der Waals surface area (Å²) in [6.07, 6.45) is 0. The summed E-state index contributed by atoms with van der Waals surface area (Å²) in [5.74, 6) is 0.0636. The maximum absolute atomic E-state index is 11.0. The predicted molar refractivity (Wildman–Crippen MR) is 74.0 cm³/mol. The molecule has 0 saturated heterocycles. The second kappa shape index (κ2) is 7.02. The van der Waals surface area contributed by atoms with Gasteiger partial charge < -0.3 is 14.6 Å². The van der Waals surface area contributed by atoms with Crippen LogP contribution in [0.15, 0.2) is 18.2 Å². The van der Waals surface area contributed by atoms with E-state index in [0.717, 1.165) is 5.56 Å². The highest BCUT2D eigenvalue weighted by molar-refractivity contribution is 5.71. The molecule has 0 amide bonds. The average molecular weight is 266 g/mol. The highest BCUT2D eigenvalue weighted by atomic mass is 16.5. The largest absolute Gasteiger partial charge is 0.490 e. The molecule has 19 heavy (non-hydrogen) atoms. The maximum atomic E-state index is 11.0. The molecule has 0 heterocycles. The lowest BCUT2D eigenvalue weighted by Gasteiger charge is -2.19. The van der Waals surface area contributed by atoms with Gasteiger partial charge in [0.1, 0.15) is 0 Å². The SMILES string of the molecule is CCOc1ccc(C(C)C(C)C(=O)O)cc1OCC. The van der Waals surface area contributed by atoms with Crippen molar-refractivity contribution in [2.75, 3.05) is 13.2 Å². The molecular weight excluding hydrogens is 244 g/mol. The van der Waals surface area contributed by atoms with Gasteiger partial charge >= 0.3 is 5.97 Å². The smallest absolute Gasteiger partial charge is 0.306 e. The van der Waals surface area contributed by atoms with Crippen LogP contribution in [0.3, 0.4) is 0 Å². The minimum absolute atomic E-state index is 0.0765.